The molecule has 0 amide bonds. The van der Waals surface area contributed by atoms with Gasteiger partial charge in [-0.25, -0.2) is 4.39 Å². The van der Waals surface area contributed by atoms with Crippen molar-refractivity contribution in [3.8, 4) is 0 Å². The minimum Gasteiger partial charge on any atom is -0.337 e. The van der Waals surface area contributed by atoms with Gasteiger partial charge >= 0.3 is 0 Å². The SMILES string of the molecule is CC1(c2nc(Cc3cccc(F)c3)no2)CCCCN1.Cl. The number of nitrogens with zero attached hydrogens (tertiary/aromatic N) is 2. The first-order chi connectivity index (χ1) is 9.66. The summed E-state index contributed by atoms with van der Waals surface area (Å²) in [5.74, 6) is 0.981. The van der Waals surface area contributed by atoms with Gasteiger partial charge in [0.05, 0.1) is 5.54 Å². The van der Waals surface area contributed by atoms with Gasteiger partial charge in [-0.05, 0) is 50.4 Å². The second kappa shape index (κ2) is 6.54. The van der Waals surface area contributed by atoms with Crippen molar-refractivity contribution < 1.29 is 8.91 Å². The van der Waals surface area contributed by atoms with Crippen molar-refractivity contribution in [3.05, 3.63) is 47.4 Å². The standard InChI is InChI=1S/C15H18FN3O.ClH/c1-15(7-2-3-8-17-15)14-18-13(19-20-14)10-11-5-4-6-12(16)9-11;/h4-6,9,17H,2-3,7-8,10H2,1H3;1H. The van der Waals surface area contributed by atoms with Crippen molar-refractivity contribution in [1.82, 2.24) is 15.5 Å². The average Bonchev–Trinajstić information content (AvgIpc) is 2.89. The molecule has 1 atom stereocenters. The van der Waals surface area contributed by atoms with Gasteiger partial charge in [-0.1, -0.05) is 17.3 Å². The molecule has 1 aromatic heterocycles. The van der Waals surface area contributed by atoms with Crippen LogP contribution in [0.3, 0.4) is 0 Å². The van der Waals surface area contributed by atoms with Crippen LogP contribution in [0.1, 0.15) is 43.5 Å². The third kappa shape index (κ3) is 3.60. The lowest BCUT2D eigenvalue weighted by Gasteiger charge is -2.31. The lowest BCUT2D eigenvalue weighted by molar-refractivity contribution is 0.206. The first-order valence-corrected chi connectivity index (χ1v) is 6.98. The molecule has 3 rings (SSSR count). The fourth-order valence-corrected chi connectivity index (χ4v) is 2.62. The Balaban J connectivity index is 0.00000161. The molecule has 2 aromatic rings. The van der Waals surface area contributed by atoms with E-state index in [1.807, 2.05) is 6.07 Å². The molecule has 1 N–H and O–H groups in total. The molecule has 21 heavy (non-hydrogen) atoms. The largest absolute Gasteiger partial charge is 0.337 e. The monoisotopic (exact) mass is 311 g/mol. The predicted octanol–water partition coefficient (Wildman–Crippen LogP) is 3.21. The van der Waals surface area contributed by atoms with E-state index < -0.39 is 0 Å². The number of hydrogen-bond donors (Lipinski definition) is 1. The second-order valence-corrected chi connectivity index (χ2v) is 5.54. The zero-order chi connectivity index (χ0) is 14.0. The zero-order valence-corrected chi connectivity index (χ0v) is 12.8. The van der Waals surface area contributed by atoms with E-state index in [9.17, 15) is 4.39 Å². The first kappa shape index (κ1) is 15.9. The van der Waals surface area contributed by atoms with Crippen LogP contribution in [0.4, 0.5) is 4.39 Å². The zero-order valence-electron chi connectivity index (χ0n) is 11.9. The van der Waals surface area contributed by atoms with Crippen molar-refractivity contribution in [2.24, 2.45) is 0 Å². The van der Waals surface area contributed by atoms with Crippen LogP contribution in [0.25, 0.3) is 0 Å². The summed E-state index contributed by atoms with van der Waals surface area (Å²) in [7, 11) is 0. The van der Waals surface area contributed by atoms with Gasteiger partial charge in [-0.2, -0.15) is 4.98 Å². The Morgan fingerprint density at radius 2 is 2.24 bits per heavy atom. The Bertz CT molecular complexity index is 596. The molecule has 1 saturated heterocycles. The van der Waals surface area contributed by atoms with Crippen LogP contribution in [0.5, 0.6) is 0 Å². The van der Waals surface area contributed by atoms with Gasteiger partial charge in [0.2, 0.25) is 5.89 Å². The van der Waals surface area contributed by atoms with E-state index in [4.69, 9.17) is 4.52 Å². The molecule has 0 radical (unpaired) electrons. The van der Waals surface area contributed by atoms with Gasteiger partial charge in [0, 0.05) is 6.42 Å². The Kier molecular flexibility index (Phi) is 4.96. The number of halogens is 2. The molecule has 1 aliphatic rings. The molecule has 0 aliphatic carbocycles. The Morgan fingerprint density at radius 3 is 2.95 bits per heavy atom. The number of rotatable bonds is 3. The van der Waals surface area contributed by atoms with E-state index in [-0.39, 0.29) is 23.8 Å². The van der Waals surface area contributed by atoms with Crippen molar-refractivity contribution in [1.29, 1.82) is 0 Å². The van der Waals surface area contributed by atoms with Crippen LogP contribution >= 0.6 is 12.4 Å². The fourth-order valence-electron chi connectivity index (χ4n) is 2.62. The van der Waals surface area contributed by atoms with Gasteiger partial charge in [0.25, 0.3) is 0 Å². The highest BCUT2D eigenvalue weighted by Gasteiger charge is 2.34. The van der Waals surface area contributed by atoms with E-state index >= 15 is 0 Å². The summed E-state index contributed by atoms with van der Waals surface area (Å²) in [5.41, 5.74) is 0.616. The second-order valence-electron chi connectivity index (χ2n) is 5.54. The predicted molar refractivity (Wildman–Crippen MR) is 80.0 cm³/mol. The summed E-state index contributed by atoms with van der Waals surface area (Å²) >= 11 is 0. The van der Waals surface area contributed by atoms with Crippen LogP contribution in [-0.4, -0.2) is 16.7 Å². The van der Waals surface area contributed by atoms with Crippen LogP contribution in [-0.2, 0) is 12.0 Å². The van der Waals surface area contributed by atoms with Gasteiger partial charge in [-0.3, -0.25) is 0 Å². The highest BCUT2D eigenvalue weighted by atomic mass is 35.5. The maximum Gasteiger partial charge on any atom is 0.246 e. The molecule has 0 saturated carbocycles. The molecule has 1 aromatic carbocycles. The Morgan fingerprint density at radius 1 is 1.38 bits per heavy atom. The molecule has 1 unspecified atom stereocenters. The van der Waals surface area contributed by atoms with Gasteiger partial charge in [0.1, 0.15) is 5.82 Å². The molecule has 4 nitrogen and oxygen atoms in total. The number of aromatic nitrogens is 2. The van der Waals surface area contributed by atoms with E-state index in [0.717, 1.165) is 24.9 Å². The Hall–Kier alpha value is -1.46. The maximum absolute atomic E-state index is 13.2. The average molecular weight is 312 g/mol. The van der Waals surface area contributed by atoms with Crippen molar-refractivity contribution >= 4 is 12.4 Å². The van der Waals surface area contributed by atoms with Crippen molar-refractivity contribution in [2.75, 3.05) is 6.54 Å². The normalized spacial score (nSPS) is 21.8. The Labute approximate surface area is 129 Å². The van der Waals surface area contributed by atoms with Crippen LogP contribution in [0.2, 0.25) is 0 Å². The van der Waals surface area contributed by atoms with E-state index in [2.05, 4.69) is 22.4 Å². The maximum atomic E-state index is 13.2. The van der Waals surface area contributed by atoms with Crippen LogP contribution in [0.15, 0.2) is 28.8 Å². The molecule has 114 valence electrons. The highest BCUT2D eigenvalue weighted by molar-refractivity contribution is 5.85. The summed E-state index contributed by atoms with van der Waals surface area (Å²) in [6.45, 7) is 3.06. The van der Waals surface area contributed by atoms with Crippen LogP contribution < -0.4 is 5.32 Å². The van der Waals surface area contributed by atoms with E-state index in [1.165, 1.54) is 18.6 Å². The van der Waals surface area contributed by atoms with Crippen molar-refractivity contribution in [3.63, 3.8) is 0 Å². The summed E-state index contributed by atoms with van der Waals surface area (Å²) in [6, 6.07) is 6.48. The molecule has 0 spiro atoms. The molecular formula is C15H19ClFN3O. The summed E-state index contributed by atoms with van der Waals surface area (Å²) in [6.07, 6.45) is 3.82. The highest BCUT2D eigenvalue weighted by Crippen LogP contribution is 2.28. The first-order valence-electron chi connectivity index (χ1n) is 6.98. The van der Waals surface area contributed by atoms with E-state index in [0.29, 0.717) is 18.1 Å². The van der Waals surface area contributed by atoms with E-state index in [1.54, 1.807) is 6.07 Å². The molecular weight excluding hydrogens is 293 g/mol. The third-order valence-electron chi connectivity index (χ3n) is 3.81. The summed E-state index contributed by atoms with van der Waals surface area (Å²) in [5, 5.41) is 7.45. The third-order valence-corrected chi connectivity index (χ3v) is 3.81. The van der Waals surface area contributed by atoms with Crippen LogP contribution in [0, 0.1) is 5.82 Å². The topological polar surface area (TPSA) is 51.0 Å². The quantitative estimate of drug-likeness (QED) is 0.945. The lowest BCUT2D eigenvalue weighted by Crippen LogP contribution is -2.43. The van der Waals surface area contributed by atoms with Gasteiger partial charge in [0.15, 0.2) is 5.82 Å². The molecule has 1 aliphatic heterocycles. The molecule has 6 heteroatoms. The number of hydrogen-bond acceptors (Lipinski definition) is 4. The minimum atomic E-state index is -0.243. The lowest BCUT2D eigenvalue weighted by atomic mass is 9.91. The van der Waals surface area contributed by atoms with Crippen molar-refractivity contribution in [2.45, 2.75) is 38.1 Å². The smallest absolute Gasteiger partial charge is 0.246 e. The van der Waals surface area contributed by atoms with Gasteiger partial charge < -0.3 is 9.84 Å². The number of piperidine rings is 1. The molecule has 0 bridgehead atoms. The van der Waals surface area contributed by atoms with Gasteiger partial charge in [-0.15, -0.1) is 12.4 Å². The number of nitrogens with one attached hydrogen (secondary N) is 1. The molecule has 2 heterocycles. The minimum absolute atomic E-state index is 0. The number of benzene rings is 1. The summed E-state index contributed by atoms with van der Waals surface area (Å²) < 4.78 is 18.5. The summed E-state index contributed by atoms with van der Waals surface area (Å²) in [4.78, 5) is 4.47. The molecule has 1 fully saturated rings. The fraction of sp³-hybridized carbons (Fsp3) is 0.467.